The number of unbranched alkanes of at least 4 members (excludes halogenated alkanes) is 6. The monoisotopic (exact) mass is 371 g/mol. The van der Waals surface area contributed by atoms with Crippen molar-refractivity contribution < 1.29 is 19.1 Å². The van der Waals surface area contributed by atoms with Crippen LogP contribution in [0.1, 0.15) is 85.0 Å². The number of carbonyl (C=O) groups is 2. The third-order valence-electron chi connectivity index (χ3n) is 4.22. The van der Waals surface area contributed by atoms with Crippen LogP contribution in [0.25, 0.3) is 0 Å². The number of ether oxygens (including phenoxy) is 2. The van der Waals surface area contributed by atoms with E-state index in [4.69, 9.17) is 9.47 Å². The lowest BCUT2D eigenvalue weighted by atomic mass is 9.96. The molecular weight excluding hydrogens is 330 g/mol. The van der Waals surface area contributed by atoms with Gasteiger partial charge in [-0.1, -0.05) is 59.3 Å². The van der Waals surface area contributed by atoms with Gasteiger partial charge in [0.1, 0.15) is 0 Å². The Morgan fingerprint density at radius 3 is 1.73 bits per heavy atom. The first-order valence-electron chi connectivity index (χ1n) is 10.2. The predicted octanol–water partition coefficient (Wildman–Crippen LogP) is 4.58. The number of hydrogen-bond donors (Lipinski definition) is 0. The summed E-state index contributed by atoms with van der Waals surface area (Å²) in [5.74, 6) is -0.335. The molecule has 0 spiro atoms. The Labute approximate surface area is 160 Å². The molecule has 5 nitrogen and oxygen atoms in total. The standard InChI is InChI=1S/C21H41NO4/c1-6-7-8-9-10-11-12-14-19(23)25-17-21(2,3)18-26-20(24)15-13-16-22(4)5/h6-18H2,1-5H3. The van der Waals surface area contributed by atoms with Crippen LogP contribution in [-0.2, 0) is 19.1 Å². The van der Waals surface area contributed by atoms with Gasteiger partial charge in [-0.3, -0.25) is 9.59 Å². The molecular formula is C21H41NO4. The number of rotatable bonds is 16. The molecule has 0 N–H and O–H groups in total. The third-order valence-corrected chi connectivity index (χ3v) is 4.22. The van der Waals surface area contributed by atoms with Crippen LogP contribution in [0, 0.1) is 5.41 Å². The van der Waals surface area contributed by atoms with Crippen molar-refractivity contribution in [1.82, 2.24) is 4.90 Å². The smallest absolute Gasteiger partial charge is 0.305 e. The van der Waals surface area contributed by atoms with Crippen LogP contribution in [-0.4, -0.2) is 50.7 Å². The number of esters is 2. The fourth-order valence-electron chi connectivity index (χ4n) is 2.50. The van der Waals surface area contributed by atoms with Crippen LogP contribution in [0.2, 0.25) is 0 Å². The fraction of sp³-hybridized carbons (Fsp3) is 0.905. The molecule has 0 radical (unpaired) electrons. The minimum absolute atomic E-state index is 0.149. The molecule has 0 aliphatic rings. The highest BCUT2D eigenvalue weighted by molar-refractivity contribution is 5.69. The Hall–Kier alpha value is -1.10. The maximum atomic E-state index is 11.8. The van der Waals surface area contributed by atoms with Crippen molar-refractivity contribution in [1.29, 1.82) is 0 Å². The maximum absolute atomic E-state index is 11.8. The zero-order valence-corrected chi connectivity index (χ0v) is 17.8. The normalized spacial score (nSPS) is 11.6. The van der Waals surface area contributed by atoms with Crippen molar-refractivity contribution in [2.45, 2.75) is 85.0 Å². The topological polar surface area (TPSA) is 55.8 Å². The summed E-state index contributed by atoms with van der Waals surface area (Å²) < 4.78 is 10.7. The lowest BCUT2D eigenvalue weighted by molar-refractivity contribution is -0.152. The molecule has 0 rings (SSSR count). The lowest BCUT2D eigenvalue weighted by Crippen LogP contribution is -2.28. The minimum Gasteiger partial charge on any atom is -0.465 e. The molecule has 26 heavy (non-hydrogen) atoms. The van der Waals surface area contributed by atoms with Crippen molar-refractivity contribution in [3.63, 3.8) is 0 Å². The molecule has 0 aliphatic carbocycles. The quantitative estimate of drug-likeness (QED) is 0.293. The van der Waals surface area contributed by atoms with Crippen LogP contribution < -0.4 is 0 Å². The van der Waals surface area contributed by atoms with E-state index in [0.717, 1.165) is 25.8 Å². The van der Waals surface area contributed by atoms with Gasteiger partial charge in [0, 0.05) is 18.3 Å². The summed E-state index contributed by atoms with van der Waals surface area (Å²) in [6, 6.07) is 0. The zero-order valence-electron chi connectivity index (χ0n) is 17.8. The van der Waals surface area contributed by atoms with Crippen LogP contribution >= 0.6 is 0 Å². The second kappa shape index (κ2) is 15.0. The summed E-state index contributed by atoms with van der Waals surface area (Å²) in [5.41, 5.74) is -0.354. The molecule has 5 heteroatoms. The average Bonchev–Trinajstić information content (AvgIpc) is 2.57. The van der Waals surface area contributed by atoms with Crippen LogP contribution in [0.4, 0.5) is 0 Å². The van der Waals surface area contributed by atoms with Gasteiger partial charge < -0.3 is 14.4 Å². The van der Waals surface area contributed by atoms with Gasteiger partial charge in [-0.2, -0.15) is 0 Å². The molecule has 0 aromatic carbocycles. The highest BCUT2D eigenvalue weighted by Crippen LogP contribution is 2.17. The Kier molecular flexibility index (Phi) is 14.4. The van der Waals surface area contributed by atoms with E-state index in [1.807, 2.05) is 32.8 Å². The van der Waals surface area contributed by atoms with Crippen molar-refractivity contribution in [3.8, 4) is 0 Å². The summed E-state index contributed by atoms with van der Waals surface area (Å²) in [5, 5.41) is 0. The Balaban J connectivity index is 3.74. The maximum Gasteiger partial charge on any atom is 0.305 e. The summed E-state index contributed by atoms with van der Waals surface area (Å²) >= 11 is 0. The van der Waals surface area contributed by atoms with E-state index < -0.39 is 0 Å². The van der Waals surface area contributed by atoms with Crippen molar-refractivity contribution >= 4 is 11.9 Å². The molecule has 0 amide bonds. The van der Waals surface area contributed by atoms with Crippen LogP contribution in [0.15, 0.2) is 0 Å². The first-order valence-corrected chi connectivity index (χ1v) is 10.2. The highest BCUT2D eigenvalue weighted by atomic mass is 16.5. The zero-order chi connectivity index (χ0) is 19.8. The molecule has 0 aliphatic heterocycles. The molecule has 0 aromatic heterocycles. The largest absolute Gasteiger partial charge is 0.465 e. The molecule has 0 fully saturated rings. The Morgan fingerprint density at radius 1 is 0.769 bits per heavy atom. The van der Waals surface area contributed by atoms with E-state index in [0.29, 0.717) is 12.8 Å². The SMILES string of the molecule is CCCCCCCCCC(=O)OCC(C)(C)COC(=O)CCCN(C)C. The van der Waals surface area contributed by atoms with E-state index in [1.165, 1.54) is 32.1 Å². The highest BCUT2D eigenvalue weighted by Gasteiger charge is 2.22. The molecule has 0 unspecified atom stereocenters. The summed E-state index contributed by atoms with van der Waals surface area (Å²) in [4.78, 5) is 25.6. The summed E-state index contributed by atoms with van der Waals surface area (Å²) in [6.07, 6.45) is 9.99. The summed E-state index contributed by atoms with van der Waals surface area (Å²) in [7, 11) is 3.96. The number of hydrogen-bond acceptors (Lipinski definition) is 5. The van der Waals surface area contributed by atoms with Gasteiger partial charge >= 0.3 is 11.9 Å². The molecule has 0 heterocycles. The average molecular weight is 372 g/mol. The molecule has 0 atom stereocenters. The molecule has 0 saturated carbocycles. The fourth-order valence-corrected chi connectivity index (χ4v) is 2.50. The molecule has 154 valence electrons. The number of carbonyl (C=O) groups excluding carboxylic acids is 2. The summed E-state index contributed by atoms with van der Waals surface area (Å²) in [6.45, 7) is 7.53. The van der Waals surface area contributed by atoms with E-state index >= 15 is 0 Å². The Bertz CT molecular complexity index is 380. The second-order valence-corrected chi connectivity index (χ2v) is 8.26. The predicted molar refractivity (Wildman–Crippen MR) is 106 cm³/mol. The number of nitrogens with zero attached hydrogens (tertiary/aromatic N) is 1. The van der Waals surface area contributed by atoms with E-state index in [2.05, 4.69) is 6.92 Å². The Morgan fingerprint density at radius 2 is 1.23 bits per heavy atom. The van der Waals surface area contributed by atoms with Crippen molar-refractivity contribution in [2.24, 2.45) is 5.41 Å². The van der Waals surface area contributed by atoms with Gasteiger partial charge in [0.15, 0.2) is 0 Å². The molecule has 0 saturated heterocycles. The van der Waals surface area contributed by atoms with Gasteiger partial charge in [0.25, 0.3) is 0 Å². The van der Waals surface area contributed by atoms with Crippen molar-refractivity contribution in [3.05, 3.63) is 0 Å². The van der Waals surface area contributed by atoms with E-state index in [-0.39, 0.29) is 30.6 Å². The van der Waals surface area contributed by atoms with Gasteiger partial charge in [0.2, 0.25) is 0 Å². The first kappa shape index (κ1) is 24.9. The first-order chi connectivity index (χ1) is 12.3. The molecule has 0 aromatic rings. The van der Waals surface area contributed by atoms with Gasteiger partial charge in [-0.15, -0.1) is 0 Å². The van der Waals surface area contributed by atoms with Crippen molar-refractivity contribution in [2.75, 3.05) is 33.9 Å². The minimum atomic E-state index is -0.354. The third kappa shape index (κ3) is 16.4. The second-order valence-electron chi connectivity index (χ2n) is 8.26. The van der Waals surface area contributed by atoms with Crippen LogP contribution in [0.5, 0.6) is 0 Å². The van der Waals surface area contributed by atoms with Gasteiger partial charge in [-0.05, 0) is 33.5 Å². The molecule has 0 bridgehead atoms. The van der Waals surface area contributed by atoms with Gasteiger partial charge in [0.05, 0.1) is 13.2 Å². The van der Waals surface area contributed by atoms with E-state index in [1.54, 1.807) is 0 Å². The van der Waals surface area contributed by atoms with Crippen LogP contribution in [0.3, 0.4) is 0 Å². The lowest BCUT2D eigenvalue weighted by Gasteiger charge is -2.23. The van der Waals surface area contributed by atoms with Gasteiger partial charge in [-0.25, -0.2) is 0 Å². The van der Waals surface area contributed by atoms with E-state index in [9.17, 15) is 9.59 Å².